The second kappa shape index (κ2) is 2.73. The van der Waals surface area contributed by atoms with Crippen molar-refractivity contribution >= 4 is 0 Å². The van der Waals surface area contributed by atoms with Crippen molar-refractivity contribution in [2.75, 3.05) is 0 Å². The predicted molar refractivity (Wildman–Crippen MR) is 55.3 cm³/mol. The highest BCUT2D eigenvalue weighted by Gasteiger charge is 2.26. The zero-order valence-electron chi connectivity index (χ0n) is 7.79. The van der Waals surface area contributed by atoms with Gasteiger partial charge < -0.3 is 0 Å². The summed E-state index contributed by atoms with van der Waals surface area (Å²) in [6.45, 7) is 0. The molecule has 0 amide bonds. The Labute approximate surface area is 79.3 Å². The average Bonchev–Trinajstić information content (AvgIpc) is 2.65. The summed E-state index contributed by atoms with van der Waals surface area (Å²) in [5.41, 5.74) is 4.97. The number of rotatable bonds is 0. The minimum atomic E-state index is 0.689. The van der Waals surface area contributed by atoms with Crippen LogP contribution in [0, 0.1) is 5.92 Å². The molecule has 0 heteroatoms. The van der Waals surface area contributed by atoms with Crippen LogP contribution in [0.5, 0.6) is 0 Å². The number of fused-ring (bicyclic) bond motifs is 2. The van der Waals surface area contributed by atoms with Crippen molar-refractivity contribution in [3.8, 4) is 0 Å². The highest BCUT2D eigenvalue weighted by molar-refractivity contribution is 5.45. The van der Waals surface area contributed by atoms with Gasteiger partial charge in [0.05, 0.1) is 0 Å². The third-order valence-corrected chi connectivity index (χ3v) is 3.38. The highest BCUT2D eigenvalue weighted by Crippen LogP contribution is 2.42. The van der Waals surface area contributed by atoms with Gasteiger partial charge in [0.25, 0.3) is 0 Å². The van der Waals surface area contributed by atoms with E-state index in [9.17, 15) is 0 Å². The van der Waals surface area contributed by atoms with E-state index in [1.54, 1.807) is 16.7 Å². The maximum atomic E-state index is 2.36. The van der Waals surface area contributed by atoms with Crippen LogP contribution in [-0.4, -0.2) is 0 Å². The van der Waals surface area contributed by atoms with E-state index in [1.165, 1.54) is 25.7 Å². The van der Waals surface area contributed by atoms with Crippen molar-refractivity contribution in [2.24, 2.45) is 5.92 Å². The zero-order chi connectivity index (χ0) is 8.67. The van der Waals surface area contributed by atoms with E-state index >= 15 is 0 Å². The molecule has 0 saturated carbocycles. The van der Waals surface area contributed by atoms with Crippen LogP contribution >= 0.6 is 0 Å². The lowest BCUT2D eigenvalue weighted by atomic mass is 9.77. The smallest absolute Gasteiger partial charge is 0.0199 e. The lowest BCUT2D eigenvalue weighted by Gasteiger charge is -2.28. The molecule has 0 aromatic carbocycles. The fourth-order valence-corrected chi connectivity index (χ4v) is 2.71. The first-order valence-electron chi connectivity index (χ1n) is 5.21. The molecule has 0 fully saturated rings. The highest BCUT2D eigenvalue weighted by atomic mass is 14.3. The Morgan fingerprint density at radius 3 is 3.15 bits per heavy atom. The van der Waals surface area contributed by atoms with E-state index < -0.39 is 0 Å². The largest absolute Gasteiger partial charge is 0.0839 e. The van der Waals surface area contributed by atoms with Gasteiger partial charge in [-0.2, -0.15) is 0 Å². The van der Waals surface area contributed by atoms with Crippen LogP contribution in [-0.2, 0) is 0 Å². The van der Waals surface area contributed by atoms with Gasteiger partial charge in [0.1, 0.15) is 0 Å². The van der Waals surface area contributed by atoms with Crippen molar-refractivity contribution in [3.63, 3.8) is 0 Å². The van der Waals surface area contributed by atoms with E-state index in [0.29, 0.717) is 5.92 Å². The Hall–Kier alpha value is -1.04. The fraction of sp³-hybridized carbons (Fsp3) is 0.385. The van der Waals surface area contributed by atoms with Crippen molar-refractivity contribution < 1.29 is 0 Å². The third kappa shape index (κ3) is 1.05. The zero-order valence-corrected chi connectivity index (χ0v) is 7.79. The van der Waals surface area contributed by atoms with Crippen molar-refractivity contribution in [1.29, 1.82) is 0 Å². The summed E-state index contributed by atoms with van der Waals surface area (Å²) in [5, 5.41) is 0. The fourth-order valence-electron chi connectivity index (χ4n) is 2.71. The molecule has 0 N–H and O–H groups in total. The molecule has 0 nitrogen and oxygen atoms in total. The molecular weight excluding hydrogens is 156 g/mol. The summed E-state index contributed by atoms with van der Waals surface area (Å²) >= 11 is 0. The summed E-state index contributed by atoms with van der Waals surface area (Å²) in [4.78, 5) is 0. The first kappa shape index (κ1) is 7.37. The molecule has 0 aromatic rings. The minimum Gasteiger partial charge on any atom is -0.0839 e. The molecule has 66 valence electrons. The second-order valence-electron chi connectivity index (χ2n) is 4.10. The summed E-state index contributed by atoms with van der Waals surface area (Å²) in [6, 6.07) is 0. The number of hydrogen-bond acceptors (Lipinski definition) is 0. The van der Waals surface area contributed by atoms with Gasteiger partial charge in [-0.05, 0) is 31.3 Å². The molecule has 3 aliphatic carbocycles. The quantitative estimate of drug-likeness (QED) is 0.521. The average molecular weight is 170 g/mol. The first-order chi connectivity index (χ1) is 6.45. The van der Waals surface area contributed by atoms with Crippen molar-refractivity contribution in [1.82, 2.24) is 0 Å². The lowest BCUT2D eigenvalue weighted by Crippen LogP contribution is -2.12. The predicted octanol–water partition coefficient (Wildman–Crippen LogP) is 3.54. The molecule has 3 aliphatic rings. The van der Waals surface area contributed by atoms with Gasteiger partial charge in [-0.15, -0.1) is 0 Å². The summed E-state index contributed by atoms with van der Waals surface area (Å²) in [6.07, 6.45) is 16.7. The standard InChI is InChI=1S/C13H14/c1-2-6-12-10(4-1)8-9-11-5-3-7-13(11)12/h1,3-5,7,13H,2,6,8-9H2. The Morgan fingerprint density at radius 2 is 2.15 bits per heavy atom. The molecule has 0 saturated heterocycles. The van der Waals surface area contributed by atoms with Crippen LogP contribution < -0.4 is 0 Å². The summed E-state index contributed by atoms with van der Waals surface area (Å²) < 4.78 is 0. The Bertz CT molecular complexity index is 350. The molecule has 3 rings (SSSR count). The minimum absolute atomic E-state index is 0.689. The first-order valence-corrected chi connectivity index (χ1v) is 5.21. The van der Waals surface area contributed by atoms with E-state index in [-0.39, 0.29) is 0 Å². The number of hydrogen-bond donors (Lipinski definition) is 0. The molecule has 13 heavy (non-hydrogen) atoms. The molecule has 0 radical (unpaired) electrons. The molecule has 1 atom stereocenters. The molecule has 0 bridgehead atoms. The molecule has 1 unspecified atom stereocenters. The normalized spacial score (nSPS) is 30.2. The van der Waals surface area contributed by atoms with Crippen LogP contribution in [0.3, 0.4) is 0 Å². The van der Waals surface area contributed by atoms with Gasteiger partial charge in [0, 0.05) is 5.92 Å². The topological polar surface area (TPSA) is 0 Å². The van der Waals surface area contributed by atoms with E-state index in [4.69, 9.17) is 0 Å². The maximum Gasteiger partial charge on any atom is 0.0199 e. The summed E-state index contributed by atoms with van der Waals surface area (Å²) in [5.74, 6) is 0.689. The SMILES string of the molecule is C1=CC2C(=C1)CCC1=C2CCC=C1. The van der Waals surface area contributed by atoms with Gasteiger partial charge >= 0.3 is 0 Å². The Morgan fingerprint density at radius 1 is 1.15 bits per heavy atom. The van der Waals surface area contributed by atoms with Crippen LogP contribution in [0.2, 0.25) is 0 Å². The Balaban J connectivity index is 2.06. The monoisotopic (exact) mass is 170 g/mol. The van der Waals surface area contributed by atoms with Crippen molar-refractivity contribution in [2.45, 2.75) is 25.7 Å². The van der Waals surface area contributed by atoms with Gasteiger partial charge in [0.15, 0.2) is 0 Å². The van der Waals surface area contributed by atoms with Crippen LogP contribution in [0.1, 0.15) is 25.7 Å². The summed E-state index contributed by atoms with van der Waals surface area (Å²) in [7, 11) is 0. The molecule has 0 aliphatic heterocycles. The van der Waals surface area contributed by atoms with Crippen LogP contribution in [0.15, 0.2) is 47.1 Å². The molecule has 0 heterocycles. The number of allylic oxidation sites excluding steroid dienone is 8. The van der Waals surface area contributed by atoms with Gasteiger partial charge in [-0.3, -0.25) is 0 Å². The van der Waals surface area contributed by atoms with E-state index in [2.05, 4.69) is 30.4 Å². The van der Waals surface area contributed by atoms with Gasteiger partial charge in [-0.25, -0.2) is 0 Å². The third-order valence-electron chi connectivity index (χ3n) is 3.38. The van der Waals surface area contributed by atoms with E-state index in [1.807, 2.05) is 0 Å². The molecule has 0 aromatic heterocycles. The van der Waals surface area contributed by atoms with E-state index in [0.717, 1.165) is 0 Å². The maximum absolute atomic E-state index is 2.36. The second-order valence-corrected chi connectivity index (χ2v) is 4.10. The van der Waals surface area contributed by atoms with Crippen LogP contribution in [0.25, 0.3) is 0 Å². The lowest BCUT2D eigenvalue weighted by molar-refractivity contribution is 0.692. The molecular formula is C13H14. The van der Waals surface area contributed by atoms with Gasteiger partial charge in [0.2, 0.25) is 0 Å². The molecule has 0 spiro atoms. The van der Waals surface area contributed by atoms with Crippen LogP contribution in [0.4, 0.5) is 0 Å². The van der Waals surface area contributed by atoms with Crippen molar-refractivity contribution in [3.05, 3.63) is 47.1 Å². The Kier molecular flexibility index (Phi) is 1.55. The van der Waals surface area contributed by atoms with Gasteiger partial charge in [-0.1, -0.05) is 41.5 Å².